The van der Waals surface area contributed by atoms with Crippen LogP contribution in [0.4, 0.5) is 0 Å². The average Bonchev–Trinajstić information content (AvgIpc) is 2.27. The number of fused-ring (bicyclic) bond motifs is 1. The van der Waals surface area contributed by atoms with Gasteiger partial charge in [0.1, 0.15) is 21.4 Å². The van der Waals surface area contributed by atoms with Crippen LogP contribution < -0.4 is 29.6 Å². The molecule has 0 radical (unpaired) electrons. The van der Waals surface area contributed by atoms with Crippen LogP contribution in [0.2, 0.25) is 0 Å². The molecule has 0 aliphatic carbocycles. The first-order valence-corrected chi connectivity index (χ1v) is 6.42. The Bertz CT molecular complexity index is 685. The molecule has 1 aromatic heterocycles. The van der Waals surface area contributed by atoms with E-state index in [4.69, 9.17) is 0 Å². The summed E-state index contributed by atoms with van der Waals surface area (Å²) in [6, 6.07) is 5.38. The van der Waals surface area contributed by atoms with Gasteiger partial charge in [0.2, 0.25) is 0 Å². The minimum Gasteiger partial charge on any atom is -0.744 e. The molecule has 0 amide bonds. The molecule has 0 aliphatic heterocycles. The number of phenolic OH excluding ortho intramolecular Hbond substituents is 1. The first-order valence-electron chi connectivity index (χ1n) is 5.01. The SMILES string of the molecule is CCc1ccc2c(S(=O)(=O)[O-])ccc(O)c2n1.[Na+]. The summed E-state index contributed by atoms with van der Waals surface area (Å²) in [5.74, 6) is -0.136. The fraction of sp³-hybridized carbons (Fsp3) is 0.182. The van der Waals surface area contributed by atoms with Gasteiger partial charge < -0.3 is 9.66 Å². The fourth-order valence-electron chi connectivity index (χ4n) is 1.63. The molecule has 90 valence electrons. The van der Waals surface area contributed by atoms with E-state index in [0.29, 0.717) is 12.1 Å². The van der Waals surface area contributed by atoms with Gasteiger partial charge in [-0.05, 0) is 30.7 Å². The molecule has 1 heterocycles. The van der Waals surface area contributed by atoms with Crippen molar-refractivity contribution < 1.29 is 47.6 Å². The largest absolute Gasteiger partial charge is 1.00 e. The second-order valence-corrected chi connectivity index (χ2v) is 4.94. The minimum absolute atomic E-state index is 0. The van der Waals surface area contributed by atoms with Gasteiger partial charge in [0.25, 0.3) is 0 Å². The van der Waals surface area contributed by atoms with Crippen LogP contribution in [0.3, 0.4) is 0 Å². The number of pyridine rings is 1. The van der Waals surface area contributed by atoms with Gasteiger partial charge in [0, 0.05) is 11.1 Å². The smallest absolute Gasteiger partial charge is 0.744 e. The van der Waals surface area contributed by atoms with Gasteiger partial charge in [-0.1, -0.05) is 6.92 Å². The number of rotatable bonds is 2. The Morgan fingerprint density at radius 1 is 1.28 bits per heavy atom. The zero-order chi connectivity index (χ0) is 12.6. The van der Waals surface area contributed by atoms with Gasteiger partial charge in [0.05, 0.1) is 4.90 Å². The van der Waals surface area contributed by atoms with Crippen LogP contribution in [0.15, 0.2) is 29.2 Å². The van der Waals surface area contributed by atoms with Crippen molar-refractivity contribution in [1.82, 2.24) is 4.98 Å². The number of hydrogen-bond acceptors (Lipinski definition) is 5. The molecular weight excluding hydrogens is 265 g/mol. The molecule has 0 unspecified atom stereocenters. The number of nitrogens with zero attached hydrogens (tertiary/aromatic N) is 1. The van der Waals surface area contributed by atoms with Gasteiger partial charge in [-0.3, -0.25) is 0 Å². The van der Waals surface area contributed by atoms with Crippen LogP contribution in [0.1, 0.15) is 12.6 Å². The minimum atomic E-state index is -4.57. The van der Waals surface area contributed by atoms with Crippen molar-refractivity contribution in [3.63, 3.8) is 0 Å². The maximum absolute atomic E-state index is 11.0. The van der Waals surface area contributed by atoms with Gasteiger partial charge in [-0.2, -0.15) is 0 Å². The summed E-state index contributed by atoms with van der Waals surface area (Å²) in [6.07, 6.45) is 0.656. The molecule has 0 saturated carbocycles. The Morgan fingerprint density at radius 2 is 1.94 bits per heavy atom. The van der Waals surface area contributed by atoms with E-state index >= 15 is 0 Å². The van der Waals surface area contributed by atoms with E-state index in [1.807, 2.05) is 6.92 Å². The van der Waals surface area contributed by atoms with E-state index in [2.05, 4.69) is 4.98 Å². The summed E-state index contributed by atoms with van der Waals surface area (Å²) in [6.45, 7) is 1.89. The monoisotopic (exact) mass is 275 g/mol. The second kappa shape index (κ2) is 5.54. The summed E-state index contributed by atoms with van der Waals surface area (Å²) in [7, 11) is -4.57. The van der Waals surface area contributed by atoms with Crippen LogP contribution in [-0.2, 0) is 16.5 Å². The van der Waals surface area contributed by atoms with Crippen LogP contribution >= 0.6 is 0 Å². The topological polar surface area (TPSA) is 90.3 Å². The van der Waals surface area contributed by atoms with E-state index in [0.717, 1.165) is 6.07 Å². The zero-order valence-electron chi connectivity index (χ0n) is 10.0. The number of aromatic nitrogens is 1. The number of hydrogen-bond donors (Lipinski definition) is 1. The second-order valence-electron chi connectivity index (χ2n) is 3.59. The molecule has 5 nitrogen and oxygen atoms in total. The Labute approximate surface area is 127 Å². The van der Waals surface area contributed by atoms with Crippen LogP contribution in [0.5, 0.6) is 5.75 Å². The van der Waals surface area contributed by atoms with E-state index in [1.165, 1.54) is 12.1 Å². The van der Waals surface area contributed by atoms with Crippen LogP contribution in [0.25, 0.3) is 10.9 Å². The van der Waals surface area contributed by atoms with E-state index in [1.54, 1.807) is 6.07 Å². The standard InChI is InChI=1S/C11H11NO4S.Na/c1-2-7-3-4-8-10(17(14,15)16)6-5-9(13)11(8)12-7;/h3-6,13H,2H2,1H3,(H,14,15,16);/q;+1/p-1. The van der Waals surface area contributed by atoms with Gasteiger partial charge in [0.15, 0.2) is 0 Å². The Morgan fingerprint density at radius 3 is 2.50 bits per heavy atom. The third-order valence-electron chi connectivity index (χ3n) is 2.49. The van der Waals surface area contributed by atoms with Crippen molar-refractivity contribution >= 4 is 21.0 Å². The molecule has 7 heteroatoms. The molecule has 1 N–H and O–H groups in total. The molecule has 2 aromatic rings. The molecular formula is C11H10NNaO4S. The van der Waals surface area contributed by atoms with Crippen molar-refractivity contribution in [2.45, 2.75) is 18.2 Å². The van der Waals surface area contributed by atoms with Crippen molar-refractivity contribution in [2.75, 3.05) is 0 Å². The molecule has 0 aliphatic rings. The van der Waals surface area contributed by atoms with Crippen LogP contribution in [-0.4, -0.2) is 23.1 Å². The van der Waals surface area contributed by atoms with Crippen molar-refractivity contribution in [2.24, 2.45) is 0 Å². The molecule has 0 saturated heterocycles. The number of aromatic hydroxyl groups is 1. The van der Waals surface area contributed by atoms with E-state index < -0.39 is 10.1 Å². The fourth-order valence-corrected chi connectivity index (χ4v) is 2.30. The van der Waals surface area contributed by atoms with Gasteiger partial charge >= 0.3 is 29.6 Å². The van der Waals surface area contributed by atoms with Crippen molar-refractivity contribution in [3.8, 4) is 5.75 Å². The first-order chi connectivity index (χ1) is 7.93. The number of phenols is 1. The normalized spacial score (nSPS) is 11.2. The van der Waals surface area contributed by atoms with Crippen molar-refractivity contribution in [3.05, 3.63) is 30.0 Å². The molecule has 1 aromatic carbocycles. The zero-order valence-corrected chi connectivity index (χ0v) is 12.9. The maximum atomic E-state index is 11.0. The number of benzene rings is 1. The molecule has 0 fully saturated rings. The Hall–Kier alpha value is -0.660. The van der Waals surface area contributed by atoms with Gasteiger partial charge in [-0.15, -0.1) is 0 Å². The molecule has 18 heavy (non-hydrogen) atoms. The Balaban J connectivity index is 0.00000162. The molecule has 0 bridgehead atoms. The predicted octanol–water partition coefficient (Wildman–Crippen LogP) is -1.59. The van der Waals surface area contributed by atoms with Crippen molar-refractivity contribution in [1.29, 1.82) is 0 Å². The third kappa shape index (κ3) is 2.84. The maximum Gasteiger partial charge on any atom is 1.00 e. The summed E-state index contributed by atoms with van der Waals surface area (Å²) >= 11 is 0. The predicted molar refractivity (Wildman–Crippen MR) is 60.7 cm³/mol. The summed E-state index contributed by atoms with van der Waals surface area (Å²) in [5, 5.41) is 9.77. The summed E-state index contributed by atoms with van der Waals surface area (Å²) in [4.78, 5) is 3.75. The Kier molecular flexibility index (Phi) is 4.74. The molecule has 0 spiro atoms. The third-order valence-corrected chi connectivity index (χ3v) is 3.38. The number of aryl methyl sites for hydroxylation is 1. The first kappa shape index (κ1) is 15.4. The van der Waals surface area contributed by atoms with Gasteiger partial charge in [-0.25, -0.2) is 13.4 Å². The van der Waals surface area contributed by atoms with E-state index in [-0.39, 0.29) is 51.1 Å². The summed E-state index contributed by atoms with van der Waals surface area (Å²) in [5.41, 5.74) is 0.856. The van der Waals surface area contributed by atoms with Crippen LogP contribution in [0, 0.1) is 0 Å². The summed E-state index contributed by atoms with van der Waals surface area (Å²) < 4.78 is 33.1. The quantitative estimate of drug-likeness (QED) is 0.527. The molecule has 2 rings (SSSR count). The molecule has 0 atom stereocenters. The average molecular weight is 275 g/mol. The van der Waals surface area contributed by atoms with E-state index in [9.17, 15) is 18.1 Å².